The maximum atomic E-state index is 12.5. The van der Waals surface area contributed by atoms with Gasteiger partial charge in [-0.05, 0) is 43.3 Å². The minimum absolute atomic E-state index is 0.0312. The number of hydrogen-bond donors (Lipinski definition) is 1. The molecule has 0 bridgehead atoms. The van der Waals surface area contributed by atoms with Gasteiger partial charge >= 0.3 is 0 Å². The fourth-order valence-corrected chi connectivity index (χ4v) is 3.69. The Bertz CT molecular complexity index is 1210. The fraction of sp³-hybridized carbons (Fsp3) is 0.105. The van der Waals surface area contributed by atoms with Crippen molar-refractivity contribution in [3.8, 4) is 17.4 Å². The van der Waals surface area contributed by atoms with Crippen molar-refractivity contribution in [3.63, 3.8) is 0 Å². The predicted molar refractivity (Wildman–Crippen MR) is 107 cm³/mol. The molecule has 0 unspecified atom stereocenters. The Morgan fingerprint density at radius 2 is 1.79 bits per heavy atom. The number of aromatic nitrogens is 5. The number of nitrogens with zero attached hydrogens (tertiary/aromatic N) is 5. The summed E-state index contributed by atoms with van der Waals surface area (Å²) >= 11 is 0. The van der Waals surface area contributed by atoms with Crippen LogP contribution in [0.3, 0.4) is 0 Å². The molecule has 0 saturated heterocycles. The van der Waals surface area contributed by atoms with Crippen molar-refractivity contribution in [2.45, 2.75) is 11.9 Å². The summed E-state index contributed by atoms with van der Waals surface area (Å²) in [6.45, 7) is 1.74. The highest BCUT2D eigenvalue weighted by Gasteiger charge is 2.18. The van der Waals surface area contributed by atoms with Crippen LogP contribution in [0.15, 0.2) is 72.4 Å². The zero-order valence-corrected chi connectivity index (χ0v) is 16.5. The van der Waals surface area contributed by atoms with Gasteiger partial charge in [-0.1, -0.05) is 0 Å². The average Bonchev–Trinajstić information content (AvgIpc) is 3.34. The van der Waals surface area contributed by atoms with Gasteiger partial charge in [-0.2, -0.15) is 8.42 Å². The minimum Gasteiger partial charge on any atom is -0.439 e. The zero-order chi connectivity index (χ0) is 20.4. The lowest BCUT2D eigenvalue weighted by Crippen LogP contribution is -2.13. The highest BCUT2D eigenvalue weighted by atomic mass is 32.2. The van der Waals surface area contributed by atoms with Gasteiger partial charge in [0.15, 0.2) is 5.03 Å². The molecule has 1 aromatic carbocycles. The Morgan fingerprint density at radius 3 is 2.45 bits per heavy atom. The summed E-state index contributed by atoms with van der Waals surface area (Å²) < 4.78 is 36.7. The summed E-state index contributed by atoms with van der Waals surface area (Å²) in [6, 6.07) is 12.0. The highest BCUT2D eigenvalue weighted by molar-refractivity contribution is 7.92. The first-order valence-corrected chi connectivity index (χ1v) is 10.2. The number of sulfonamides is 1. The van der Waals surface area contributed by atoms with E-state index < -0.39 is 10.0 Å². The van der Waals surface area contributed by atoms with Gasteiger partial charge in [-0.25, -0.2) is 15.0 Å². The first-order valence-electron chi connectivity index (χ1n) is 8.67. The van der Waals surface area contributed by atoms with Crippen LogP contribution in [-0.4, -0.2) is 32.5 Å². The van der Waals surface area contributed by atoms with Crippen LogP contribution < -0.4 is 9.46 Å². The van der Waals surface area contributed by atoms with Gasteiger partial charge in [0.1, 0.15) is 23.7 Å². The van der Waals surface area contributed by atoms with Crippen LogP contribution in [-0.2, 0) is 17.1 Å². The van der Waals surface area contributed by atoms with Crippen LogP contribution in [0.4, 0.5) is 5.69 Å². The van der Waals surface area contributed by atoms with Crippen LogP contribution in [0.25, 0.3) is 5.82 Å². The summed E-state index contributed by atoms with van der Waals surface area (Å²) in [6.07, 6.45) is 6.63. The normalized spacial score (nSPS) is 11.4. The van der Waals surface area contributed by atoms with Crippen LogP contribution in [0.2, 0.25) is 0 Å². The molecule has 1 N–H and O–H groups in total. The molecular formula is C19H18N6O3S. The van der Waals surface area contributed by atoms with E-state index in [0.29, 0.717) is 29.0 Å². The third-order valence-corrected chi connectivity index (χ3v) is 5.44. The van der Waals surface area contributed by atoms with Gasteiger partial charge < -0.3 is 13.9 Å². The average molecular weight is 410 g/mol. The first kappa shape index (κ1) is 18.7. The quantitative estimate of drug-likeness (QED) is 0.524. The molecule has 0 spiro atoms. The summed E-state index contributed by atoms with van der Waals surface area (Å²) in [5.41, 5.74) is 0.399. The second kappa shape index (κ2) is 7.40. The predicted octanol–water partition coefficient (Wildman–Crippen LogP) is 2.90. The van der Waals surface area contributed by atoms with E-state index in [2.05, 4.69) is 19.7 Å². The molecule has 0 saturated carbocycles. The first-order chi connectivity index (χ1) is 13.9. The molecule has 0 atom stereocenters. The highest BCUT2D eigenvalue weighted by Crippen LogP contribution is 2.23. The SMILES string of the molecule is Cc1nc(S(=O)(=O)Nc2ccc(Oc3cc(-n4cccc4)ncn3)cc2)cn1C. The van der Waals surface area contributed by atoms with E-state index in [1.807, 2.05) is 29.1 Å². The number of rotatable bonds is 6. The third kappa shape index (κ3) is 4.11. The number of imidazole rings is 1. The van der Waals surface area contributed by atoms with E-state index in [-0.39, 0.29) is 5.03 Å². The molecule has 0 aliphatic rings. The topological polar surface area (TPSA) is 104 Å². The maximum Gasteiger partial charge on any atom is 0.280 e. The molecule has 0 aliphatic heterocycles. The molecule has 148 valence electrons. The van der Waals surface area contributed by atoms with Crippen LogP contribution >= 0.6 is 0 Å². The van der Waals surface area contributed by atoms with Crippen molar-refractivity contribution in [2.75, 3.05) is 4.72 Å². The summed E-state index contributed by atoms with van der Waals surface area (Å²) in [7, 11) is -2.03. The third-order valence-electron chi connectivity index (χ3n) is 4.19. The molecule has 4 aromatic rings. The van der Waals surface area contributed by atoms with Gasteiger partial charge in [0.05, 0.1) is 0 Å². The van der Waals surface area contributed by atoms with E-state index in [1.165, 1.54) is 12.5 Å². The van der Waals surface area contributed by atoms with E-state index in [1.54, 1.807) is 48.9 Å². The lowest BCUT2D eigenvalue weighted by Gasteiger charge is -2.09. The van der Waals surface area contributed by atoms with Crippen LogP contribution in [0.1, 0.15) is 5.82 Å². The molecule has 10 heteroatoms. The molecule has 0 fully saturated rings. The van der Waals surface area contributed by atoms with Crippen molar-refractivity contribution in [1.82, 2.24) is 24.1 Å². The number of aryl methyl sites for hydroxylation is 2. The Kier molecular flexibility index (Phi) is 4.77. The van der Waals surface area contributed by atoms with E-state index >= 15 is 0 Å². The van der Waals surface area contributed by atoms with Crippen molar-refractivity contribution in [3.05, 3.63) is 73.2 Å². The number of hydrogen-bond acceptors (Lipinski definition) is 6. The largest absolute Gasteiger partial charge is 0.439 e. The second-order valence-electron chi connectivity index (χ2n) is 6.27. The Hall–Kier alpha value is -3.66. The smallest absolute Gasteiger partial charge is 0.280 e. The van der Waals surface area contributed by atoms with Crippen LogP contribution in [0, 0.1) is 6.92 Å². The van der Waals surface area contributed by atoms with Gasteiger partial charge in [0, 0.05) is 37.4 Å². The van der Waals surface area contributed by atoms with Crippen molar-refractivity contribution >= 4 is 15.7 Å². The Morgan fingerprint density at radius 1 is 1.07 bits per heavy atom. The maximum absolute atomic E-state index is 12.5. The van der Waals surface area contributed by atoms with Crippen molar-refractivity contribution in [2.24, 2.45) is 7.05 Å². The molecule has 9 nitrogen and oxygen atoms in total. The molecule has 29 heavy (non-hydrogen) atoms. The monoisotopic (exact) mass is 410 g/mol. The zero-order valence-electron chi connectivity index (χ0n) is 15.7. The van der Waals surface area contributed by atoms with Crippen molar-refractivity contribution < 1.29 is 13.2 Å². The standard InChI is InChI=1S/C19H18N6O3S/c1-14-22-19(12-24(14)2)29(26,27)23-15-5-7-16(8-6-15)28-18-11-17(20-13-21-18)25-9-3-4-10-25/h3-13,23H,1-2H3. The van der Waals surface area contributed by atoms with E-state index in [9.17, 15) is 8.42 Å². The Labute approximate surface area is 167 Å². The molecule has 3 aromatic heterocycles. The second-order valence-corrected chi connectivity index (χ2v) is 7.90. The molecule has 0 aliphatic carbocycles. The number of ether oxygens (including phenoxy) is 1. The number of nitrogens with one attached hydrogen (secondary N) is 1. The van der Waals surface area contributed by atoms with E-state index in [0.717, 1.165) is 0 Å². The molecule has 0 radical (unpaired) electrons. The minimum atomic E-state index is -3.76. The van der Waals surface area contributed by atoms with Gasteiger partial charge in [-0.3, -0.25) is 4.72 Å². The van der Waals surface area contributed by atoms with Gasteiger partial charge in [0.2, 0.25) is 5.88 Å². The van der Waals surface area contributed by atoms with Gasteiger partial charge in [-0.15, -0.1) is 0 Å². The molecule has 4 rings (SSSR count). The van der Waals surface area contributed by atoms with Crippen molar-refractivity contribution in [1.29, 1.82) is 0 Å². The fourth-order valence-electron chi connectivity index (χ4n) is 2.59. The molecule has 3 heterocycles. The van der Waals surface area contributed by atoms with Gasteiger partial charge in [0.25, 0.3) is 10.0 Å². The van der Waals surface area contributed by atoms with E-state index in [4.69, 9.17) is 4.74 Å². The lowest BCUT2D eigenvalue weighted by molar-refractivity contribution is 0.461. The number of anilines is 1. The number of benzene rings is 1. The summed E-state index contributed by atoms with van der Waals surface area (Å²) in [5, 5.41) is -0.0312. The Balaban J connectivity index is 1.48. The molecular weight excluding hydrogens is 392 g/mol. The summed E-state index contributed by atoms with van der Waals surface area (Å²) in [4.78, 5) is 12.4. The van der Waals surface area contributed by atoms with Crippen LogP contribution in [0.5, 0.6) is 11.6 Å². The molecule has 0 amide bonds. The summed E-state index contributed by atoms with van der Waals surface area (Å²) in [5.74, 6) is 2.17. The lowest BCUT2D eigenvalue weighted by atomic mass is 10.3.